The van der Waals surface area contributed by atoms with Crippen LogP contribution in [0.3, 0.4) is 0 Å². The zero-order valence-corrected chi connectivity index (χ0v) is 8.59. The third-order valence-corrected chi connectivity index (χ3v) is 3.75. The maximum Gasteiger partial charge on any atom is 0.322 e. The summed E-state index contributed by atoms with van der Waals surface area (Å²) in [6.45, 7) is 4.08. The topological polar surface area (TPSA) is 58.2 Å². The highest BCUT2D eigenvalue weighted by Gasteiger charge is 2.54. The van der Waals surface area contributed by atoms with Crippen LogP contribution in [0.2, 0.25) is 0 Å². The van der Waals surface area contributed by atoms with Crippen molar-refractivity contribution in [3.63, 3.8) is 0 Å². The van der Waals surface area contributed by atoms with Crippen LogP contribution in [0, 0.1) is 11.8 Å². The lowest BCUT2D eigenvalue weighted by Gasteiger charge is -2.41. The van der Waals surface area contributed by atoms with Crippen LogP contribution in [-0.2, 0) is 4.79 Å². The van der Waals surface area contributed by atoms with Crippen molar-refractivity contribution in [2.75, 3.05) is 0 Å². The van der Waals surface area contributed by atoms with Crippen molar-refractivity contribution in [1.29, 1.82) is 0 Å². The standard InChI is InChI=1S/C10H16N2O2/c1-6-4-3-5-7(2)10(6)8(13)11-9(14)12-10/h6-7H,3-5H2,1-2H3,(H2,11,12,13,14). The number of carbonyl (C=O) groups excluding carboxylic acids is 2. The zero-order valence-electron chi connectivity index (χ0n) is 8.59. The fourth-order valence-electron chi connectivity index (χ4n) is 2.85. The molecule has 2 unspecified atom stereocenters. The van der Waals surface area contributed by atoms with E-state index in [2.05, 4.69) is 10.6 Å². The van der Waals surface area contributed by atoms with E-state index in [9.17, 15) is 9.59 Å². The molecule has 2 rings (SSSR count). The fraction of sp³-hybridized carbons (Fsp3) is 0.800. The molecule has 0 aromatic carbocycles. The minimum atomic E-state index is -0.630. The van der Waals surface area contributed by atoms with Crippen molar-refractivity contribution in [1.82, 2.24) is 10.6 Å². The van der Waals surface area contributed by atoms with E-state index in [4.69, 9.17) is 0 Å². The maximum atomic E-state index is 11.8. The smallest absolute Gasteiger partial charge is 0.322 e. The highest BCUT2D eigenvalue weighted by atomic mass is 16.2. The van der Waals surface area contributed by atoms with Crippen molar-refractivity contribution in [2.45, 2.75) is 38.6 Å². The first-order valence-corrected chi connectivity index (χ1v) is 5.21. The first-order valence-electron chi connectivity index (χ1n) is 5.21. The van der Waals surface area contributed by atoms with Gasteiger partial charge in [-0.15, -0.1) is 0 Å². The minimum absolute atomic E-state index is 0.137. The average molecular weight is 196 g/mol. The lowest BCUT2D eigenvalue weighted by molar-refractivity contribution is -0.129. The molecule has 2 aliphatic rings. The molecule has 4 nitrogen and oxygen atoms in total. The number of rotatable bonds is 0. The number of carbonyl (C=O) groups is 2. The number of urea groups is 1. The number of nitrogens with one attached hydrogen (secondary N) is 2. The summed E-state index contributed by atoms with van der Waals surface area (Å²) in [6.07, 6.45) is 3.17. The van der Waals surface area contributed by atoms with E-state index < -0.39 is 5.54 Å². The molecular weight excluding hydrogens is 180 g/mol. The average Bonchev–Trinajstić information content (AvgIpc) is 2.39. The van der Waals surface area contributed by atoms with Gasteiger partial charge >= 0.3 is 6.03 Å². The van der Waals surface area contributed by atoms with Gasteiger partial charge in [0.2, 0.25) is 0 Å². The van der Waals surface area contributed by atoms with Crippen LogP contribution in [0.5, 0.6) is 0 Å². The monoisotopic (exact) mass is 196 g/mol. The van der Waals surface area contributed by atoms with Crippen molar-refractivity contribution in [3.05, 3.63) is 0 Å². The molecule has 1 aliphatic heterocycles. The molecule has 1 aliphatic carbocycles. The molecule has 14 heavy (non-hydrogen) atoms. The normalized spacial score (nSPS) is 42.4. The van der Waals surface area contributed by atoms with Gasteiger partial charge in [-0.3, -0.25) is 10.1 Å². The van der Waals surface area contributed by atoms with Crippen molar-refractivity contribution < 1.29 is 9.59 Å². The van der Waals surface area contributed by atoms with Crippen LogP contribution >= 0.6 is 0 Å². The van der Waals surface area contributed by atoms with E-state index >= 15 is 0 Å². The molecule has 78 valence electrons. The fourth-order valence-corrected chi connectivity index (χ4v) is 2.85. The summed E-state index contributed by atoms with van der Waals surface area (Å²) < 4.78 is 0. The zero-order chi connectivity index (χ0) is 10.3. The molecule has 1 spiro atoms. The van der Waals surface area contributed by atoms with E-state index in [1.54, 1.807) is 0 Å². The van der Waals surface area contributed by atoms with Crippen molar-refractivity contribution in [2.24, 2.45) is 11.8 Å². The largest absolute Gasteiger partial charge is 0.323 e. The quantitative estimate of drug-likeness (QED) is 0.568. The first-order chi connectivity index (χ1) is 6.57. The van der Waals surface area contributed by atoms with Gasteiger partial charge in [0, 0.05) is 0 Å². The number of hydrogen-bond donors (Lipinski definition) is 2. The Morgan fingerprint density at radius 2 is 1.79 bits per heavy atom. The van der Waals surface area contributed by atoms with Gasteiger partial charge in [-0.05, 0) is 24.7 Å². The van der Waals surface area contributed by atoms with Crippen LogP contribution < -0.4 is 10.6 Å². The molecule has 0 radical (unpaired) electrons. The van der Waals surface area contributed by atoms with Gasteiger partial charge in [-0.25, -0.2) is 4.79 Å². The molecule has 0 bridgehead atoms. The van der Waals surface area contributed by atoms with Gasteiger partial charge in [0.05, 0.1) is 0 Å². The molecule has 3 amide bonds. The van der Waals surface area contributed by atoms with Gasteiger partial charge < -0.3 is 5.32 Å². The van der Waals surface area contributed by atoms with Crippen LogP contribution in [0.4, 0.5) is 4.79 Å². The summed E-state index contributed by atoms with van der Waals surface area (Å²) in [4.78, 5) is 23.0. The second kappa shape index (κ2) is 2.97. The molecule has 2 fully saturated rings. The molecule has 0 aromatic rings. The summed E-state index contributed by atoms with van der Waals surface area (Å²) in [6, 6.07) is -0.337. The predicted octanol–water partition coefficient (Wildman–Crippen LogP) is 1.02. The molecule has 2 N–H and O–H groups in total. The molecule has 2 atom stereocenters. The second-order valence-corrected chi connectivity index (χ2v) is 4.51. The van der Waals surface area contributed by atoms with Gasteiger partial charge in [-0.2, -0.15) is 0 Å². The summed E-state index contributed by atoms with van der Waals surface area (Å²) >= 11 is 0. The third-order valence-electron chi connectivity index (χ3n) is 3.75. The van der Waals surface area contributed by atoms with Gasteiger partial charge in [0.1, 0.15) is 5.54 Å². The molecule has 1 heterocycles. The molecular formula is C10H16N2O2. The molecule has 4 heteroatoms. The highest BCUT2D eigenvalue weighted by Crippen LogP contribution is 2.39. The van der Waals surface area contributed by atoms with E-state index in [1.165, 1.54) is 0 Å². The van der Waals surface area contributed by atoms with Gasteiger partial charge in [-0.1, -0.05) is 20.3 Å². The summed E-state index contributed by atoms with van der Waals surface area (Å²) in [7, 11) is 0. The number of hydrogen-bond acceptors (Lipinski definition) is 2. The van der Waals surface area contributed by atoms with E-state index in [-0.39, 0.29) is 23.8 Å². The summed E-state index contributed by atoms with van der Waals surface area (Å²) in [5.41, 5.74) is -0.630. The molecule has 0 aromatic heterocycles. The van der Waals surface area contributed by atoms with Crippen LogP contribution in [0.25, 0.3) is 0 Å². The van der Waals surface area contributed by atoms with Crippen LogP contribution in [0.1, 0.15) is 33.1 Å². The Labute approximate surface area is 83.4 Å². The molecule has 1 saturated carbocycles. The predicted molar refractivity (Wildman–Crippen MR) is 51.6 cm³/mol. The van der Waals surface area contributed by atoms with Crippen LogP contribution in [-0.4, -0.2) is 17.5 Å². The first kappa shape index (κ1) is 9.49. The number of amides is 3. The SMILES string of the molecule is CC1CCCC(C)C12NC(=O)NC2=O. The summed E-state index contributed by atoms with van der Waals surface area (Å²) in [5.74, 6) is 0.331. The Morgan fingerprint density at radius 1 is 1.21 bits per heavy atom. The van der Waals surface area contributed by atoms with Gasteiger partial charge in [0.15, 0.2) is 0 Å². The Balaban J connectivity index is 2.35. The van der Waals surface area contributed by atoms with Gasteiger partial charge in [0.25, 0.3) is 5.91 Å². The Hall–Kier alpha value is -1.06. The van der Waals surface area contributed by atoms with E-state index in [0.29, 0.717) is 0 Å². The van der Waals surface area contributed by atoms with E-state index in [1.807, 2.05) is 13.8 Å². The Kier molecular flexibility index (Phi) is 2.01. The summed E-state index contributed by atoms with van der Waals surface area (Å²) in [5, 5.41) is 5.17. The lowest BCUT2D eigenvalue weighted by atomic mass is 9.67. The Bertz CT molecular complexity index is 278. The van der Waals surface area contributed by atoms with Crippen LogP contribution in [0.15, 0.2) is 0 Å². The number of imide groups is 1. The molecule has 1 saturated heterocycles. The second-order valence-electron chi connectivity index (χ2n) is 4.51. The van der Waals surface area contributed by atoms with E-state index in [0.717, 1.165) is 19.3 Å². The Morgan fingerprint density at radius 3 is 2.21 bits per heavy atom. The third kappa shape index (κ3) is 1.06. The minimum Gasteiger partial charge on any atom is -0.323 e. The lowest BCUT2D eigenvalue weighted by Crippen LogP contribution is -2.58. The highest BCUT2D eigenvalue weighted by molar-refractivity contribution is 6.07. The van der Waals surface area contributed by atoms with Crippen molar-refractivity contribution in [3.8, 4) is 0 Å². The maximum absolute atomic E-state index is 11.8. The van der Waals surface area contributed by atoms with Crippen molar-refractivity contribution >= 4 is 11.9 Å².